The van der Waals surface area contributed by atoms with Crippen LogP contribution in [0.25, 0.3) is 0 Å². The molecule has 9 heteroatoms. The van der Waals surface area contributed by atoms with Gasteiger partial charge in [-0.05, 0) is 23.8 Å². The molecule has 0 unspecified atom stereocenters. The van der Waals surface area contributed by atoms with Crippen molar-refractivity contribution >= 4 is 50.6 Å². The van der Waals surface area contributed by atoms with E-state index in [4.69, 9.17) is 27.4 Å². The lowest BCUT2D eigenvalue weighted by atomic mass is 10.1. The molecule has 1 aromatic heterocycles. The van der Waals surface area contributed by atoms with Crippen LogP contribution in [0.2, 0.25) is 8.67 Å². The van der Waals surface area contributed by atoms with Crippen LogP contribution >= 0.6 is 34.5 Å². The standard InChI is InChI=1S/C13H10Cl2O5S2/c1-19-12(16)6-8-2-4-9(5-3-8)20-22(17,18)10-7-11(14)21-13(10)15/h2-5,7H,6H2,1H3. The fourth-order valence-corrected chi connectivity index (χ4v) is 4.61. The molecule has 0 radical (unpaired) electrons. The second-order valence-corrected chi connectivity index (χ2v) is 7.92. The van der Waals surface area contributed by atoms with Gasteiger partial charge in [0.15, 0.2) is 0 Å². The lowest BCUT2D eigenvalue weighted by molar-refractivity contribution is -0.139. The molecule has 22 heavy (non-hydrogen) atoms. The first-order valence-corrected chi connectivity index (χ1v) is 8.85. The maximum atomic E-state index is 12.1. The molecular formula is C13H10Cl2O5S2. The fourth-order valence-electron chi connectivity index (χ4n) is 1.57. The zero-order chi connectivity index (χ0) is 16.3. The van der Waals surface area contributed by atoms with E-state index < -0.39 is 10.1 Å². The second-order valence-electron chi connectivity index (χ2n) is 4.12. The van der Waals surface area contributed by atoms with Crippen LogP contribution < -0.4 is 4.18 Å². The summed E-state index contributed by atoms with van der Waals surface area (Å²) in [5, 5.41) is 0. The number of hydrogen-bond donors (Lipinski definition) is 0. The molecule has 0 aliphatic carbocycles. The van der Waals surface area contributed by atoms with E-state index in [1.165, 1.54) is 25.3 Å². The molecule has 1 aromatic carbocycles. The molecule has 5 nitrogen and oxygen atoms in total. The minimum Gasteiger partial charge on any atom is -0.469 e. The summed E-state index contributed by atoms with van der Waals surface area (Å²) >= 11 is 12.5. The van der Waals surface area contributed by atoms with Gasteiger partial charge in [0.1, 0.15) is 15.0 Å². The van der Waals surface area contributed by atoms with Crippen molar-refractivity contribution in [3.8, 4) is 5.75 Å². The Morgan fingerprint density at radius 1 is 1.23 bits per heavy atom. The van der Waals surface area contributed by atoms with Gasteiger partial charge in [-0.25, -0.2) is 0 Å². The molecule has 0 atom stereocenters. The topological polar surface area (TPSA) is 69.7 Å². The van der Waals surface area contributed by atoms with Crippen molar-refractivity contribution in [3.63, 3.8) is 0 Å². The quantitative estimate of drug-likeness (QED) is 0.585. The molecule has 0 fully saturated rings. The Hall–Kier alpha value is -1.28. The molecule has 0 spiro atoms. The van der Waals surface area contributed by atoms with Crippen molar-refractivity contribution in [2.45, 2.75) is 11.3 Å². The molecule has 1 heterocycles. The largest absolute Gasteiger partial charge is 0.469 e. The van der Waals surface area contributed by atoms with Crippen molar-refractivity contribution in [1.82, 2.24) is 0 Å². The van der Waals surface area contributed by atoms with Gasteiger partial charge >= 0.3 is 16.1 Å². The van der Waals surface area contributed by atoms with E-state index in [1.54, 1.807) is 12.1 Å². The number of benzene rings is 1. The summed E-state index contributed by atoms with van der Waals surface area (Å²) in [4.78, 5) is 11.0. The predicted molar refractivity (Wildman–Crippen MR) is 84.3 cm³/mol. The van der Waals surface area contributed by atoms with Crippen LogP contribution in [0.5, 0.6) is 5.75 Å². The highest BCUT2D eigenvalue weighted by Gasteiger charge is 2.23. The molecule has 0 N–H and O–H groups in total. The Morgan fingerprint density at radius 2 is 1.86 bits per heavy atom. The van der Waals surface area contributed by atoms with Crippen LogP contribution in [0.1, 0.15) is 5.56 Å². The molecule has 0 saturated heterocycles. The van der Waals surface area contributed by atoms with Gasteiger partial charge in [0.2, 0.25) is 0 Å². The van der Waals surface area contributed by atoms with Gasteiger partial charge in [0.05, 0.1) is 17.9 Å². The smallest absolute Gasteiger partial charge is 0.341 e. The number of rotatable bonds is 5. The predicted octanol–water partition coefficient (Wildman–Crippen LogP) is 3.54. The second kappa shape index (κ2) is 6.87. The lowest BCUT2D eigenvalue weighted by Gasteiger charge is -2.07. The first kappa shape index (κ1) is 17.1. The highest BCUT2D eigenvalue weighted by atomic mass is 35.5. The third-order valence-corrected chi connectivity index (χ3v) is 5.60. The number of esters is 1. The lowest BCUT2D eigenvalue weighted by Crippen LogP contribution is -2.09. The Balaban J connectivity index is 2.16. The van der Waals surface area contributed by atoms with Crippen LogP contribution in [-0.4, -0.2) is 21.5 Å². The molecule has 0 aliphatic rings. The zero-order valence-electron chi connectivity index (χ0n) is 11.2. The van der Waals surface area contributed by atoms with Crippen LogP contribution in [-0.2, 0) is 26.1 Å². The maximum Gasteiger partial charge on any atom is 0.341 e. The van der Waals surface area contributed by atoms with Crippen molar-refractivity contribution in [1.29, 1.82) is 0 Å². The fraction of sp³-hybridized carbons (Fsp3) is 0.154. The zero-order valence-corrected chi connectivity index (χ0v) is 14.4. The average molecular weight is 381 g/mol. The Kier molecular flexibility index (Phi) is 5.33. The third-order valence-electron chi connectivity index (χ3n) is 2.60. The Bertz CT molecular complexity index is 781. The van der Waals surface area contributed by atoms with E-state index in [-0.39, 0.29) is 31.7 Å². The number of thiophene rings is 1. The molecule has 2 rings (SSSR count). The van der Waals surface area contributed by atoms with Crippen LogP contribution in [0.15, 0.2) is 35.2 Å². The molecule has 0 bridgehead atoms. The van der Waals surface area contributed by atoms with Gasteiger partial charge < -0.3 is 8.92 Å². The highest BCUT2D eigenvalue weighted by Crippen LogP contribution is 2.35. The van der Waals surface area contributed by atoms with Crippen molar-refractivity contribution in [2.75, 3.05) is 7.11 Å². The summed E-state index contributed by atoms with van der Waals surface area (Å²) in [7, 11) is -2.77. The summed E-state index contributed by atoms with van der Waals surface area (Å²) in [5.74, 6) is -0.284. The average Bonchev–Trinajstić information content (AvgIpc) is 2.80. The van der Waals surface area contributed by atoms with E-state index in [1.807, 2.05) is 0 Å². The summed E-state index contributed by atoms with van der Waals surface area (Å²) < 4.78 is 34.0. The minimum atomic E-state index is -4.06. The number of ether oxygens (including phenoxy) is 1. The normalized spacial score (nSPS) is 11.2. The first-order chi connectivity index (χ1) is 10.3. The minimum absolute atomic E-state index is 0.0345. The summed E-state index contributed by atoms with van der Waals surface area (Å²) in [6, 6.07) is 7.26. The van der Waals surface area contributed by atoms with E-state index in [9.17, 15) is 13.2 Å². The van der Waals surface area contributed by atoms with Crippen molar-refractivity contribution < 1.29 is 22.1 Å². The summed E-state index contributed by atoms with van der Waals surface area (Å²) in [5.41, 5.74) is 0.674. The van der Waals surface area contributed by atoms with E-state index in [2.05, 4.69) is 4.74 Å². The van der Waals surface area contributed by atoms with Crippen molar-refractivity contribution in [2.24, 2.45) is 0 Å². The van der Waals surface area contributed by atoms with Gasteiger partial charge in [-0.3, -0.25) is 4.79 Å². The monoisotopic (exact) mass is 380 g/mol. The molecule has 118 valence electrons. The molecule has 0 amide bonds. The van der Waals surface area contributed by atoms with Crippen LogP contribution in [0.4, 0.5) is 0 Å². The summed E-state index contributed by atoms with van der Waals surface area (Å²) in [6.45, 7) is 0. The number of halogens is 2. The van der Waals surface area contributed by atoms with E-state index in [0.29, 0.717) is 5.56 Å². The van der Waals surface area contributed by atoms with Crippen LogP contribution in [0, 0.1) is 0 Å². The van der Waals surface area contributed by atoms with Crippen molar-refractivity contribution in [3.05, 3.63) is 44.6 Å². The first-order valence-electron chi connectivity index (χ1n) is 5.87. The van der Waals surface area contributed by atoms with Gasteiger partial charge in [0, 0.05) is 0 Å². The molecule has 0 aliphatic heterocycles. The molecular weight excluding hydrogens is 371 g/mol. The van der Waals surface area contributed by atoms with E-state index >= 15 is 0 Å². The Morgan fingerprint density at radius 3 is 2.36 bits per heavy atom. The molecule has 2 aromatic rings. The molecule has 0 saturated carbocycles. The Labute approximate surface area is 141 Å². The van der Waals surface area contributed by atoms with E-state index in [0.717, 1.165) is 11.3 Å². The number of carbonyl (C=O) groups excluding carboxylic acids is 1. The summed E-state index contributed by atoms with van der Waals surface area (Å²) in [6.07, 6.45) is 0.0928. The number of methoxy groups -OCH3 is 1. The van der Waals surface area contributed by atoms with Gasteiger partial charge in [-0.15, -0.1) is 11.3 Å². The highest BCUT2D eigenvalue weighted by molar-refractivity contribution is 7.87. The number of carbonyl (C=O) groups is 1. The SMILES string of the molecule is COC(=O)Cc1ccc(OS(=O)(=O)c2cc(Cl)sc2Cl)cc1. The van der Waals surface area contributed by atoms with Gasteiger partial charge in [-0.2, -0.15) is 8.42 Å². The van der Waals surface area contributed by atoms with Gasteiger partial charge in [0.25, 0.3) is 0 Å². The maximum absolute atomic E-state index is 12.1. The number of hydrogen-bond acceptors (Lipinski definition) is 6. The van der Waals surface area contributed by atoms with Crippen LogP contribution in [0.3, 0.4) is 0 Å². The van der Waals surface area contributed by atoms with Gasteiger partial charge in [-0.1, -0.05) is 35.3 Å². The third kappa shape index (κ3) is 4.13.